The topological polar surface area (TPSA) is 74.1 Å². The monoisotopic (exact) mass is 325 g/mol. The van der Waals surface area contributed by atoms with E-state index in [1.807, 2.05) is 24.3 Å². The fourth-order valence-corrected chi connectivity index (χ4v) is 3.01. The lowest BCUT2D eigenvalue weighted by Gasteiger charge is -2.33. The van der Waals surface area contributed by atoms with Crippen LogP contribution in [0.4, 0.5) is 5.82 Å². The highest BCUT2D eigenvalue weighted by Crippen LogP contribution is 2.19. The first-order valence-electron chi connectivity index (χ1n) is 8.24. The number of piperidine rings is 1. The van der Waals surface area contributed by atoms with Gasteiger partial charge in [0, 0.05) is 38.1 Å². The molecule has 1 saturated heterocycles. The van der Waals surface area contributed by atoms with Crippen LogP contribution in [0.1, 0.15) is 24.0 Å². The third kappa shape index (κ3) is 3.89. The highest BCUT2D eigenvalue weighted by atomic mass is 16.5. The highest BCUT2D eigenvalue weighted by molar-refractivity contribution is 5.79. The molecule has 0 aliphatic carbocycles. The van der Waals surface area contributed by atoms with Gasteiger partial charge in [0.25, 0.3) is 0 Å². The van der Waals surface area contributed by atoms with Crippen LogP contribution in [0.3, 0.4) is 0 Å². The van der Waals surface area contributed by atoms with E-state index < -0.39 is 0 Å². The molecule has 6 nitrogen and oxygen atoms in total. The van der Waals surface area contributed by atoms with Crippen LogP contribution in [-0.4, -0.2) is 42.4 Å². The molecule has 0 saturated carbocycles. The molecule has 1 aliphatic rings. The van der Waals surface area contributed by atoms with Crippen molar-refractivity contribution in [3.63, 3.8) is 0 Å². The second-order valence-electron chi connectivity index (χ2n) is 5.89. The van der Waals surface area contributed by atoms with Crippen molar-refractivity contribution < 1.29 is 4.74 Å². The Bertz CT molecular complexity index is 683. The Hall–Kier alpha value is -2.47. The standard InChI is InChI=1S/C18H23N5O/c1-24-18-20-9-6-17(22-18)23-10-7-16(8-11-23)21-13-15-5-3-2-4-14(15)12-19/h2-6,9,12,16,19,21H,7-8,10-11,13H2,1H3. The van der Waals surface area contributed by atoms with Gasteiger partial charge in [-0.15, -0.1) is 0 Å². The third-order valence-corrected chi connectivity index (χ3v) is 4.41. The fraction of sp³-hybridized carbons (Fsp3) is 0.389. The van der Waals surface area contributed by atoms with Crippen molar-refractivity contribution in [3.05, 3.63) is 47.7 Å². The average molecular weight is 325 g/mol. The van der Waals surface area contributed by atoms with E-state index in [0.29, 0.717) is 12.1 Å². The normalized spacial score (nSPS) is 15.3. The van der Waals surface area contributed by atoms with Gasteiger partial charge in [0.15, 0.2) is 0 Å². The molecule has 0 bridgehead atoms. The molecule has 1 fully saturated rings. The predicted octanol–water partition coefficient (Wildman–Crippen LogP) is 2.24. The van der Waals surface area contributed by atoms with Crippen LogP contribution in [0.5, 0.6) is 6.01 Å². The summed E-state index contributed by atoms with van der Waals surface area (Å²) >= 11 is 0. The number of methoxy groups -OCH3 is 1. The minimum Gasteiger partial charge on any atom is -0.467 e. The Morgan fingerprint density at radius 1 is 1.29 bits per heavy atom. The zero-order valence-corrected chi connectivity index (χ0v) is 13.9. The van der Waals surface area contributed by atoms with Crippen LogP contribution >= 0.6 is 0 Å². The van der Waals surface area contributed by atoms with Crippen LogP contribution in [-0.2, 0) is 6.54 Å². The van der Waals surface area contributed by atoms with E-state index >= 15 is 0 Å². The summed E-state index contributed by atoms with van der Waals surface area (Å²) in [5, 5.41) is 11.1. The number of benzene rings is 1. The number of nitrogens with one attached hydrogen (secondary N) is 2. The molecule has 2 N–H and O–H groups in total. The lowest BCUT2D eigenvalue weighted by atomic mass is 10.0. The molecule has 126 valence electrons. The number of aromatic nitrogens is 2. The van der Waals surface area contributed by atoms with Gasteiger partial charge < -0.3 is 20.4 Å². The Labute approximate surface area is 142 Å². The number of hydrogen-bond acceptors (Lipinski definition) is 6. The van der Waals surface area contributed by atoms with Gasteiger partial charge >= 0.3 is 6.01 Å². The van der Waals surface area contributed by atoms with E-state index in [2.05, 4.69) is 26.3 Å². The summed E-state index contributed by atoms with van der Waals surface area (Å²) < 4.78 is 5.10. The average Bonchev–Trinajstić information content (AvgIpc) is 2.67. The molecule has 0 amide bonds. The molecule has 1 aliphatic heterocycles. The quantitative estimate of drug-likeness (QED) is 0.797. The summed E-state index contributed by atoms with van der Waals surface area (Å²) in [6, 6.07) is 10.9. The molecule has 3 rings (SSSR count). The summed E-state index contributed by atoms with van der Waals surface area (Å²) in [6.45, 7) is 2.73. The first-order valence-corrected chi connectivity index (χ1v) is 8.24. The largest absolute Gasteiger partial charge is 0.467 e. The maximum Gasteiger partial charge on any atom is 0.318 e. The third-order valence-electron chi connectivity index (χ3n) is 4.41. The first kappa shape index (κ1) is 16.4. The van der Waals surface area contributed by atoms with Crippen molar-refractivity contribution in [2.45, 2.75) is 25.4 Å². The van der Waals surface area contributed by atoms with Gasteiger partial charge in [-0.1, -0.05) is 24.3 Å². The smallest absolute Gasteiger partial charge is 0.318 e. The van der Waals surface area contributed by atoms with Gasteiger partial charge in [0.05, 0.1) is 7.11 Å². The fourth-order valence-electron chi connectivity index (χ4n) is 3.01. The van der Waals surface area contributed by atoms with Gasteiger partial charge in [0.2, 0.25) is 0 Å². The van der Waals surface area contributed by atoms with Crippen LogP contribution in [0.25, 0.3) is 0 Å². The Morgan fingerprint density at radius 3 is 2.83 bits per heavy atom. The lowest BCUT2D eigenvalue weighted by Crippen LogP contribution is -2.42. The zero-order chi connectivity index (χ0) is 16.8. The zero-order valence-electron chi connectivity index (χ0n) is 13.9. The molecule has 0 unspecified atom stereocenters. The Morgan fingerprint density at radius 2 is 2.08 bits per heavy atom. The maximum absolute atomic E-state index is 7.48. The molecule has 1 aromatic heterocycles. The minimum atomic E-state index is 0.413. The van der Waals surface area contributed by atoms with E-state index in [0.717, 1.165) is 43.9 Å². The van der Waals surface area contributed by atoms with Gasteiger partial charge in [0.1, 0.15) is 5.82 Å². The van der Waals surface area contributed by atoms with Crippen molar-refractivity contribution in [3.8, 4) is 6.01 Å². The van der Waals surface area contributed by atoms with Crippen molar-refractivity contribution in [1.29, 1.82) is 5.41 Å². The molecule has 0 radical (unpaired) electrons. The molecule has 24 heavy (non-hydrogen) atoms. The highest BCUT2D eigenvalue weighted by Gasteiger charge is 2.20. The molecule has 2 aromatic rings. The van der Waals surface area contributed by atoms with Crippen molar-refractivity contribution >= 4 is 12.0 Å². The maximum atomic E-state index is 7.48. The van der Waals surface area contributed by atoms with Crippen molar-refractivity contribution in [2.24, 2.45) is 0 Å². The van der Waals surface area contributed by atoms with E-state index in [-0.39, 0.29) is 0 Å². The van der Waals surface area contributed by atoms with Crippen LogP contribution in [0.15, 0.2) is 36.5 Å². The lowest BCUT2D eigenvalue weighted by molar-refractivity contribution is 0.377. The molecule has 0 atom stereocenters. The second kappa shape index (κ2) is 7.88. The molecular formula is C18H23N5O. The summed E-state index contributed by atoms with van der Waals surface area (Å²) in [4.78, 5) is 10.7. The molecule has 2 heterocycles. The van der Waals surface area contributed by atoms with E-state index in [9.17, 15) is 0 Å². The predicted molar refractivity (Wildman–Crippen MR) is 95.0 cm³/mol. The van der Waals surface area contributed by atoms with Gasteiger partial charge in [-0.05, 0) is 30.0 Å². The summed E-state index contributed by atoms with van der Waals surface area (Å²) in [6.07, 6.45) is 5.29. The Kier molecular flexibility index (Phi) is 5.38. The molecule has 6 heteroatoms. The SMILES string of the molecule is COc1nccc(N2CCC(NCc3ccccc3C=N)CC2)n1. The minimum absolute atomic E-state index is 0.413. The van der Waals surface area contributed by atoms with Crippen molar-refractivity contribution in [1.82, 2.24) is 15.3 Å². The number of anilines is 1. The van der Waals surface area contributed by atoms with Crippen LogP contribution in [0.2, 0.25) is 0 Å². The Balaban J connectivity index is 1.52. The van der Waals surface area contributed by atoms with E-state index in [1.54, 1.807) is 13.3 Å². The number of hydrogen-bond donors (Lipinski definition) is 2. The summed E-state index contributed by atoms with van der Waals surface area (Å²) in [7, 11) is 1.58. The number of nitrogens with zero attached hydrogens (tertiary/aromatic N) is 3. The van der Waals surface area contributed by atoms with E-state index in [4.69, 9.17) is 10.1 Å². The van der Waals surface area contributed by atoms with Gasteiger partial charge in [-0.3, -0.25) is 0 Å². The summed E-state index contributed by atoms with van der Waals surface area (Å²) in [5.74, 6) is 0.925. The second-order valence-corrected chi connectivity index (χ2v) is 5.89. The van der Waals surface area contributed by atoms with E-state index in [1.165, 1.54) is 11.8 Å². The van der Waals surface area contributed by atoms with Gasteiger partial charge in [-0.2, -0.15) is 4.98 Å². The van der Waals surface area contributed by atoms with Crippen molar-refractivity contribution in [2.75, 3.05) is 25.1 Å². The first-order chi connectivity index (χ1) is 11.8. The molecular weight excluding hydrogens is 302 g/mol. The number of ether oxygens (including phenoxy) is 1. The molecule has 1 aromatic carbocycles. The summed E-state index contributed by atoms with van der Waals surface area (Å²) in [5.41, 5.74) is 2.16. The van der Waals surface area contributed by atoms with Crippen LogP contribution in [0, 0.1) is 5.41 Å². The van der Waals surface area contributed by atoms with Crippen LogP contribution < -0.4 is 15.0 Å². The molecule has 0 spiro atoms. The number of rotatable bonds is 6. The van der Waals surface area contributed by atoms with Gasteiger partial charge in [-0.25, -0.2) is 4.98 Å².